The summed E-state index contributed by atoms with van der Waals surface area (Å²) in [4.78, 5) is 17.8. The van der Waals surface area contributed by atoms with Crippen molar-refractivity contribution < 1.29 is 13.9 Å². The van der Waals surface area contributed by atoms with Gasteiger partial charge in [-0.1, -0.05) is 6.07 Å². The van der Waals surface area contributed by atoms with Crippen molar-refractivity contribution in [3.8, 4) is 11.5 Å². The van der Waals surface area contributed by atoms with E-state index in [2.05, 4.69) is 9.97 Å². The summed E-state index contributed by atoms with van der Waals surface area (Å²) >= 11 is 0. The highest BCUT2D eigenvalue weighted by Gasteiger charge is 2.09. The highest BCUT2D eigenvalue weighted by molar-refractivity contribution is 5.43. The lowest BCUT2D eigenvalue weighted by Gasteiger charge is -2.09. The van der Waals surface area contributed by atoms with Crippen molar-refractivity contribution in [2.45, 2.75) is 13.3 Å². The Balaban J connectivity index is 2.33. The van der Waals surface area contributed by atoms with Crippen LogP contribution in [0.3, 0.4) is 0 Å². The molecule has 0 unspecified atom stereocenters. The van der Waals surface area contributed by atoms with Crippen LogP contribution in [0, 0.1) is 12.7 Å². The fourth-order valence-electron chi connectivity index (χ4n) is 1.90. The maximum absolute atomic E-state index is 13.2. The van der Waals surface area contributed by atoms with E-state index in [1.807, 2.05) is 6.07 Å². The molecular weight excluding hydrogens is 263 g/mol. The molecule has 106 valence electrons. The van der Waals surface area contributed by atoms with E-state index in [1.54, 1.807) is 26.4 Å². The third kappa shape index (κ3) is 2.79. The third-order valence-electron chi connectivity index (χ3n) is 2.90. The number of hydrogen-bond acceptors (Lipinski definition) is 4. The fourth-order valence-corrected chi connectivity index (χ4v) is 1.90. The molecule has 6 heteroatoms. The van der Waals surface area contributed by atoms with Crippen LogP contribution in [-0.4, -0.2) is 24.2 Å². The lowest BCUT2D eigenvalue weighted by molar-refractivity contribution is 0.354. The molecule has 0 saturated heterocycles. The predicted molar refractivity (Wildman–Crippen MR) is 71.9 cm³/mol. The van der Waals surface area contributed by atoms with Crippen LogP contribution in [0.5, 0.6) is 11.5 Å². The molecule has 0 saturated carbocycles. The molecule has 0 radical (unpaired) electrons. The van der Waals surface area contributed by atoms with Crippen LogP contribution >= 0.6 is 0 Å². The first kappa shape index (κ1) is 14.0. The molecule has 0 bridgehead atoms. The number of H-pyrrole nitrogens is 1. The van der Waals surface area contributed by atoms with E-state index in [1.165, 1.54) is 6.92 Å². The zero-order chi connectivity index (χ0) is 14.7. The van der Waals surface area contributed by atoms with Gasteiger partial charge in [-0.05, 0) is 24.6 Å². The Kier molecular flexibility index (Phi) is 4.02. The molecule has 1 N–H and O–H groups in total. The van der Waals surface area contributed by atoms with Crippen LogP contribution in [-0.2, 0) is 6.42 Å². The van der Waals surface area contributed by atoms with Crippen LogP contribution in [0.25, 0.3) is 0 Å². The number of nitrogens with zero attached hydrogens (tertiary/aromatic N) is 1. The van der Waals surface area contributed by atoms with Gasteiger partial charge in [-0.25, -0.2) is 4.98 Å². The van der Waals surface area contributed by atoms with E-state index in [0.29, 0.717) is 23.7 Å². The number of ether oxygens (including phenoxy) is 2. The van der Waals surface area contributed by atoms with Crippen LogP contribution in [0.1, 0.15) is 17.1 Å². The molecule has 20 heavy (non-hydrogen) atoms. The zero-order valence-corrected chi connectivity index (χ0v) is 11.5. The SMILES string of the molecule is COc1ccc(Cc2nc(C)c(F)c(=O)[nH]2)cc1OC. The second kappa shape index (κ2) is 5.73. The Hall–Kier alpha value is -2.37. The number of aromatic amines is 1. The minimum absolute atomic E-state index is 0.0872. The van der Waals surface area contributed by atoms with Gasteiger partial charge >= 0.3 is 0 Å². The van der Waals surface area contributed by atoms with Crippen molar-refractivity contribution in [2.75, 3.05) is 14.2 Å². The molecule has 1 aromatic carbocycles. The molecule has 2 aromatic rings. The van der Waals surface area contributed by atoms with Gasteiger partial charge in [-0.15, -0.1) is 0 Å². The molecule has 0 spiro atoms. The third-order valence-corrected chi connectivity index (χ3v) is 2.90. The van der Waals surface area contributed by atoms with E-state index in [9.17, 15) is 9.18 Å². The number of hydrogen-bond donors (Lipinski definition) is 1. The number of aryl methyl sites for hydroxylation is 1. The number of halogens is 1. The topological polar surface area (TPSA) is 64.2 Å². The fraction of sp³-hybridized carbons (Fsp3) is 0.286. The minimum atomic E-state index is -0.846. The van der Waals surface area contributed by atoms with Gasteiger partial charge in [0.05, 0.1) is 19.9 Å². The molecule has 2 rings (SSSR count). The van der Waals surface area contributed by atoms with Gasteiger partial charge in [0.1, 0.15) is 5.82 Å². The normalized spacial score (nSPS) is 10.4. The van der Waals surface area contributed by atoms with E-state index in [-0.39, 0.29) is 5.69 Å². The molecule has 0 atom stereocenters. The summed E-state index contributed by atoms with van der Waals surface area (Å²) in [5.41, 5.74) is 0.203. The Morgan fingerprint density at radius 3 is 2.55 bits per heavy atom. The quantitative estimate of drug-likeness (QED) is 0.926. The summed E-state index contributed by atoms with van der Waals surface area (Å²) in [5, 5.41) is 0. The number of methoxy groups -OCH3 is 2. The maximum atomic E-state index is 13.2. The molecule has 1 heterocycles. The van der Waals surface area contributed by atoms with Crippen molar-refractivity contribution >= 4 is 0 Å². The summed E-state index contributed by atoms with van der Waals surface area (Å²) in [6, 6.07) is 5.39. The number of rotatable bonds is 4. The maximum Gasteiger partial charge on any atom is 0.287 e. The summed E-state index contributed by atoms with van der Waals surface area (Å²) in [5.74, 6) is 0.765. The molecule has 0 amide bonds. The Morgan fingerprint density at radius 2 is 1.95 bits per heavy atom. The van der Waals surface area contributed by atoms with Crippen LogP contribution in [0.2, 0.25) is 0 Å². The highest BCUT2D eigenvalue weighted by Crippen LogP contribution is 2.28. The number of benzene rings is 1. The van der Waals surface area contributed by atoms with Crippen molar-refractivity contribution in [2.24, 2.45) is 0 Å². The average molecular weight is 278 g/mol. The van der Waals surface area contributed by atoms with E-state index in [4.69, 9.17) is 9.47 Å². The molecular formula is C14H15FN2O3. The lowest BCUT2D eigenvalue weighted by atomic mass is 10.1. The summed E-state index contributed by atoms with van der Waals surface area (Å²) in [6.45, 7) is 1.46. The highest BCUT2D eigenvalue weighted by atomic mass is 19.1. The molecule has 0 aliphatic carbocycles. The standard InChI is InChI=1S/C14H15FN2O3/c1-8-13(15)14(18)17-12(16-8)7-9-4-5-10(19-2)11(6-9)20-3/h4-6H,7H2,1-3H3,(H,16,17,18). The van der Waals surface area contributed by atoms with Gasteiger partial charge in [0.25, 0.3) is 5.56 Å². The summed E-state index contributed by atoms with van der Waals surface area (Å²) in [6.07, 6.45) is 0.372. The van der Waals surface area contributed by atoms with E-state index < -0.39 is 11.4 Å². The Bertz CT molecular complexity index is 683. The van der Waals surface area contributed by atoms with Gasteiger partial charge in [-0.3, -0.25) is 4.79 Å². The van der Waals surface area contributed by atoms with E-state index in [0.717, 1.165) is 5.56 Å². The second-order valence-electron chi connectivity index (χ2n) is 4.28. The van der Waals surface area contributed by atoms with Gasteiger partial charge in [-0.2, -0.15) is 4.39 Å². The first-order valence-corrected chi connectivity index (χ1v) is 6.01. The van der Waals surface area contributed by atoms with Crippen molar-refractivity contribution in [1.29, 1.82) is 0 Å². The molecule has 0 aliphatic rings. The van der Waals surface area contributed by atoms with Crippen LogP contribution < -0.4 is 15.0 Å². The Labute approximate surface area is 115 Å². The zero-order valence-electron chi connectivity index (χ0n) is 11.5. The first-order chi connectivity index (χ1) is 9.55. The van der Waals surface area contributed by atoms with Gasteiger partial charge in [0.2, 0.25) is 5.82 Å². The van der Waals surface area contributed by atoms with Crippen LogP contribution in [0.15, 0.2) is 23.0 Å². The lowest BCUT2D eigenvalue weighted by Crippen LogP contribution is -2.17. The van der Waals surface area contributed by atoms with Gasteiger partial charge < -0.3 is 14.5 Å². The van der Waals surface area contributed by atoms with Crippen molar-refractivity contribution in [3.05, 3.63) is 51.5 Å². The van der Waals surface area contributed by atoms with Crippen molar-refractivity contribution in [3.63, 3.8) is 0 Å². The van der Waals surface area contributed by atoms with Crippen LogP contribution in [0.4, 0.5) is 4.39 Å². The van der Waals surface area contributed by atoms with E-state index >= 15 is 0 Å². The Morgan fingerprint density at radius 1 is 1.25 bits per heavy atom. The predicted octanol–water partition coefficient (Wildman–Crippen LogP) is 1.83. The molecule has 0 fully saturated rings. The molecule has 1 aromatic heterocycles. The summed E-state index contributed by atoms with van der Waals surface area (Å²) < 4.78 is 23.6. The molecule has 0 aliphatic heterocycles. The number of nitrogens with one attached hydrogen (secondary N) is 1. The largest absolute Gasteiger partial charge is 0.493 e. The second-order valence-corrected chi connectivity index (χ2v) is 4.28. The van der Waals surface area contributed by atoms with Crippen molar-refractivity contribution in [1.82, 2.24) is 9.97 Å². The van der Waals surface area contributed by atoms with Gasteiger partial charge in [0, 0.05) is 6.42 Å². The number of aromatic nitrogens is 2. The average Bonchev–Trinajstić information content (AvgIpc) is 2.44. The summed E-state index contributed by atoms with van der Waals surface area (Å²) in [7, 11) is 3.10. The monoisotopic (exact) mass is 278 g/mol. The van der Waals surface area contributed by atoms with Gasteiger partial charge in [0.15, 0.2) is 11.5 Å². The minimum Gasteiger partial charge on any atom is -0.493 e. The smallest absolute Gasteiger partial charge is 0.287 e. The molecule has 5 nitrogen and oxygen atoms in total. The first-order valence-electron chi connectivity index (χ1n) is 6.01.